The number of benzene rings is 2. The van der Waals surface area contributed by atoms with Gasteiger partial charge in [0.25, 0.3) is 0 Å². The summed E-state index contributed by atoms with van der Waals surface area (Å²) in [6.45, 7) is 2.01. The molecule has 0 aliphatic carbocycles. The minimum Gasteiger partial charge on any atom is -0.326 e. The third kappa shape index (κ3) is 5.60. The minimum atomic E-state index is -3.52. The molecule has 0 atom stereocenters. The molecule has 2 rings (SSSR count). The number of nitrogens with zero attached hydrogens (tertiary/aromatic N) is 1. The summed E-state index contributed by atoms with van der Waals surface area (Å²) in [5, 5.41) is 2.42. The Hall–Kier alpha value is -2.32. The van der Waals surface area contributed by atoms with Crippen molar-refractivity contribution in [3.05, 3.63) is 65.2 Å². The smallest absolute Gasteiger partial charge is 0.225 e. The summed E-state index contributed by atoms with van der Waals surface area (Å²) in [5.41, 5.74) is 1.91. The van der Waals surface area contributed by atoms with Crippen molar-refractivity contribution in [3.8, 4) is 0 Å². The zero-order valence-corrected chi connectivity index (χ0v) is 15.3. The fourth-order valence-electron chi connectivity index (χ4n) is 2.36. The molecule has 140 valence electrons. The molecular weight excluding hydrogens is 362 g/mol. The van der Waals surface area contributed by atoms with E-state index in [-0.39, 0.29) is 25.2 Å². The zero-order chi connectivity index (χ0) is 19.3. The highest BCUT2D eigenvalue weighted by atomic mass is 32.2. The Bertz CT molecular complexity index is 901. The van der Waals surface area contributed by atoms with E-state index >= 15 is 0 Å². The molecule has 1 amide bonds. The SMILES string of the molecule is Cc1ccccc1CN(CCC(=O)Nc1ccc(F)c(F)c1)S(C)(=O)=O. The van der Waals surface area contributed by atoms with Crippen molar-refractivity contribution in [1.29, 1.82) is 0 Å². The van der Waals surface area contributed by atoms with Crippen LogP contribution in [0, 0.1) is 18.6 Å². The molecule has 0 spiro atoms. The van der Waals surface area contributed by atoms with Gasteiger partial charge in [0, 0.05) is 31.3 Å². The first-order valence-electron chi connectivity index (χ1n) is 7.91. The number of carbonyl (C=O) groups is 1. The van der Waals surface area contributed by atoms with Gasteiger partial charge in [0.2, 0.25) is 15.9 Å². The Balaban J connectivity index is 2.01. The van der Waals surface area contributed by atoms with E-state index in [0.717, 1.165) is 29.5 Å². The second-order valence-electron chi connectivity index (χ2n) is 5.95. The van der Waals surface area contributed by atoms with Gasteiger partial charge in [0.1, 0.15) is 0 Å². The molecule has 2 aromatic rings. The maximum atomic E-state index is 13.2. The summed E-state index contributed by atoms with van der Waals surface area (Å²) in [6.07, 6.45) is 0.969. The molecule has 0 fully saturated rings. The summed E-state index contributed by atoms with van der Waals surface area (Å²) < 4.78 is 51.3. The predicted molar refractivity (Wildman–Crippen MR) is 96.0 cm³/mol. The minimum absolute atomic E-state index is 0.0251. The maximum Gasteiger partial charge on any atom is 0.225 e. The second kappa shape index (κ2) is 8.37. The number of rotatable bonds is 7. The Labute approximate surface area is 151 Å². The molecule has 1 N–H and O–H groups in total. The van der Waals surface area contributed by atoms with Crippen LogP contribution >= 0.6 is 0 Å². The number of hydrogen-bond donors (Lipinski definition) is 1. The number of nitrogens with one attached hydrogen (secondary N) is 1. The molecule has 2 aromatic carbocycles. The summed E-state index contributed by atoms with van der Waals surface area (Å²) in [7, 11) is -3.52. The Morgan fingerprint density at radius 1 is 1.12 bits per heavy atom. The lowest BCUT2D eigenvalue weighted by Crippen LogP contribution is -2.32. The van der Waals surface area contributed by atoms with E-state index in [0.29, 0.717) is 0 Å². The topological polar surface area (TPSA) is 66.5 Å². The van der Waals surface area contributed by atoms with Gasteiger partial charge in [0.05, 0.1) is 6.26 Å². The van der Waals surface area contributed by atoms with Gasteiger partial charge in [-0.1, -0.05) is 24.3 Å². The summed E-state index contributed by atoms with van der Waals surface area (Å²) >= 11 is 0. The molecule has 0 saturated heterocycles. The molecule has 0 unspecified atom stereocenters. The van der Waals surface area contributed by atoms with Crippen LogP contribution in [0.15, 0.2) is 42.5 Å². The van der Waals surface area contributed by atoms with Crippen molar-refractivity contribution in [2.75, 3.05) is 18.1 Å². The first-order valence-corrected chi connectivity index (χ1v) is 9.76. The van der Waals surface area contributed by atoms with Gasteiger partial charge in [-0.15, -0.1) is 0 Å². The van der Waals surface area contributed by atoms with E-state index in [1.807, 2.05) is 31.2 Å². The van der Waals surface area contributed by atoms with Crippen molar-refractivity contribution in [3.63, 3.8) is 0 Å². The molecule has 5 nitrogen and oxygen atoms in total. The van der Waals surface area contributed by atoms with Gasteiger partial charge in [-0.3, -0.25) is 4.79 Å². The van der Waals surface area contributed by atoms with Gasteiger partial charge in [-0.2, -0.15) is 4.31 Å². The van der Waals surface area contributed by atoms with Crippen molar-refractivity contribution in [2.24, 2.45) is 0 Å². The maximum absolute atomic E-state index is 13.2. The Kier molecular flexibility index (Phi) is 6.44. The number of carbonyl (C=O) groups excluding carboxylic acids is 1. The van der Waals surface area contributed by atoms with Crippen LogP contribution in [0.25, 0.3) is 0 Å². The molecule has 0 bridgehead atoms. The molecule has 0 aromatic heterocycles. The molecule has 0 saturated carbocycles. The van der Waals surface area contributed by atoms with Crippen molar-refractivity contribution >= 4 is 21.6 Å². The average Bonchev–Trinajstić information content (AvgIpc) is 2.55. The van der Waals surface area contributed by atoms with E-state index in [4.69, 9.17) is 0 Å². The van der Waals surface area contributed by atoms with Crippen LogP contribution < -0.4 is 5.32 Å². The fraction of sp³-hybridized carbons (Fsp3) is 0.278. The molecule has 0 aliphatic rings. The fourth-order valence-corrected chi connectivity index (χ4v) is 3.16. The summed E-state index contributed by atoms with van der Waals surface area (Å²) in [6, 6.07) is 10.4. The first-order chi connectivity index (χ1) is 12.2. The first kappa shape index (κ1) is 20.0. The van der Waals surface area contributed by atoms with Gasteiger partial charge >= 0.3 is 0 Å². The van der Waals surface area contributed by atoms with Crippen LogP contribution in [-0.4, -0.2) is 31.4 Å². The number of aryl methyl sites for hydroxylation is 1. The predicted octanol–water partition coefficient (Wildman–Crippen LogP) is 3.06. The monoisotopic (exact) mass is 382 g/mol. The quantitative estimate of drug-likeness (QED) is 0.800. The van der Waals surface area contributed by atoms with E-state index < -0.39 is 27.6 Å². The molecule has 8 heteroatoms. The van der Waals surface area contributed by atoms with Crippen molar-refractivity contribution in [2.45, 2.75) is 19.9 Å². The number of sulfonamides is 1. The molecular formula is C18H20F2N2O3S. The number of halogens is 2. The van der Waals surface area contributed by atoms with Crippen LogP contribution in [0.3, 0.4) is 0 Å². The van der Waals surface area contributed by atoms with E-state index in [2.05, 4.69) is 5.32 Å². The largest absolute Gasteiger partial charge is 0.326 e. The van der Waals surface area contributed by atoms with Gasteiger partial charge in [-0.05, 0) is 30.2 Å². The van der Waals surface area contributed by atoms with E-state index in [1.54, 1.807) is 0 Å². The molecule has 0 heterocycles. The Morgan fingerprint density at radius 2 is 1.81 bits per heavy atom. The average molecular weight is 382 g/mol. The Morgan fingerprint density at radius 3 is 2.42 bits per heavy atom. The summed E-state index contributed by atoms with van der Waals surface area (Å²) in [4.78, 5) is 12.0. The highest BCUT2D eigenvalue weighted by molar-refractivity contribution is 7.88. The number of hydrogen-bond acceptors (Lipinski definition) is 3. The van der Waals surface area contributed by atoms with Crippen LogP contribution in [0.4, 0.5) is 14.5 Å². The van der Waals surface area contributed by atoms with E-state index in [1.165, 1.54) is 10.4 Å². The molecule has 26 heavy (non-hydrogen) atoms. The number of amides is 1. The van der Waals surface area contributed by atoms with Crippen LogP contribution in [0.5, 0.6) is 0 Å². The van der Waals surface area contributed by atoms with Gasteiger partial charge < -0.3 is 5.32 Å². The lowest BCUT2D eigenvalue weighted by molar-refractivity contribution is -0.116. The van der Waals surface area contributed by atoms with Crippen LogP contribution in [0.2, 0.25) is 0 Å². The number of anilines is 1. The second-order valence-corrected chi connectivity index (χ2v) is 7.93. The van der Waals surface area contributed by atoms with Gasteiger partial charge in [0.15, 0.2) is 11.6 Å². The third-order valence-corrected chi connectivity index (χ3v) is 5.12. The van der Waals surface area contributed by atoms with Crippen LogP contribution in [0.1, 0.15) is 17.5 Å². The van der Waals surface area contributed by atoms with Crippen molar-refractivity contribution < 1.29 is 22.0 Å². The normalized spacial score (nSPS) is 11.6. The third-order valence-electron chi connectivity index (χ3n) is 3.87. The highest BCUT2D eigenvalue weighted by Crippen LogP contribution is 2.15. The standard InChI is InChI=1S/C18H20F2N2O3S/c1-13-5-3-4-6-14(13)12-22(26(2,24)25)10-9-18(23)21-15-7-8-16(19)17(20)11-15/h3-8,11H,9-10,12H2,1-2H3,(H,21,23). The zero-order valence-electron chi connectivity index (χ0n) is 14.5. The van der Waals surface area contributed by atoms with Gasteiger partial charge in [-0.25, -0.2) is 17.2 Å². The van der Waals surface area contributed by atoms with Crippen LogP contribution in [-0.2, 0) is 21.4 Å². The van der Waals surface area contributed by atoms with Crippen molar-refractivity contribution in [1.82, 2.24) is 4.31 Å². The summed E-state index contributed by atoms with van der Waals surface area (Å²) in [5.74, 6) is -2.57. The highest BCUT2D eigenvalue weighted by Gasteiger charge is 2.19. The lowest BCUT2D eigenvalue weighted by Gasteiger charge is -2.20. The van der Waals surface area contributed by atoms with E-state index in [9.17, 15) is 22.0 Å². The molecule has 0 aliphatic heterocycles. The lowest BCUT2D eigenvalue weighted by atomic mass is 10.1. The molecule has 0 radical (unpaired) electrons.